The number of aromatic nitrogens is 2. The predicted molar refractivity (Wildman–Crippen MR) is 61.5 cm³/mol. The van der Waals surface area contributed by atoms with E-state index >= 15 is 0 Å². The molecule has 0 aliphatic carbocycles. The Morgan fingerprint density at radius 2 is 2.06 bits per heavy atom. The summed E-state index contributed by atoms with van der Waals surface area (Å²) in [6, 6.07) is 1.62. The Balaban J connectivity index is 2.27. The third-order valence-corrected chi connectivity index (χ3v) is 4.57. The molecule has 0 aromatic carbocycles. The number of nitrogens with zero attached hydrogens (tertiary/aromatic N) is 2. The standard InChI is InChI=1S/C9H14N4O2S/c10-7-4-8(12-13-9(7)11)6-2-1-3-16(14,15)5-6/h4,6H,1-3,5H2,(H2,10,12)(H2,11,13). The molecule has 0 spiro atoms. The molecule has 1 saturated heterocycles. The van der Waals surface area contributed by atoms with E-state index in [0.717, 1.165) is 6.42 Å². The van der Waals surface area contributed by atoms with Gasteiger partial charge in [0.05, 0.1) is 22.9 Å². The number of rotatable bonds is 1. The van der Waals surface area contributed by atoms with Gasteiger partial charge in [0.15, 0.2) is 15.7 Å². The number of anilines is 2. The Kier molecular flexibility index (Phi) is 2.71. The minimum atomic E-state index is -2.94. The summed E-state index contributed by atoms with van der Waals surface area (Å²) in [6.07, 6.45) is 1.47. The van der Waals surface area contributed by atoms with Crippen LogP contribution in [0.15, 0.2) is 6.07 Å². The quantitative estimate of drug-likeness (QED) is 0.713. The highest BCUT2D eigenvalue weighted by Gasteiger charge is 2.27. The van der Waals surface area contributed by atoms with Crippen molar-refractivity contribution in [1.82, 2.24) is 10.2 Å². The molecule has 7 heteroatoms. The predicted octanol–water partition coefficient (Wildman–Crippen LogP) is -0.0668. The first-order valence-electron chi connectivity index (χ1n) is 5.07. The smallest absolute Gasteiger partial charge is 0.169 e. The van der Waals surface area contributed by atoms with Crippen LogP contribution in [0, 0.1) is 0 Å². The van der Waals surface area contributed by atoms with Crippen molar-refractivity contribution in [2.45, 2.75) is 18.8 Å². The lowest BCUT2D eigenvalue weighted by Crippen LogP contribution is -2.24. The maximum absolute atomic E-state index is 11.5. The van der Waals surface area contributed by atoms with Crippen LogP contribution in [0.2, 0.25) is 0 Å². The van der Waals surface area contributed by atoms with E-state index in [2.05, 4.69) is 10.2 Å². The normalized spacial score (nSPS) is 24.1. The zero-order chi connectivity index (χ0) is 11.8. The molecule has 0 radical (unpaired) electrons. The molecule has 1 aromatic heterocycles. The van der Waals surface area contributed by atoms with E-state index in [0.29, 0.717) is 17.8 Å². The van der Waals surface area contributed by atoms with E-state index in [1.165, 1.54) is 0 Å². The summed E-state index contributed by atoms with van der Waals surface area (Å²) in [7, 11) is -2.94. The monoisotopic (exact) mass is 242 g/mol. The maximum Gasteiger partial charge on any atom is 0.169 e. The van der Waals surface area contributed by atoms with Crippen molar-refractivity contribution in [2.24, 2.45) is 0 Å². The third kappa shape index (κ3) is 2.24. The van der Waals surface area contributed by atoms with E-state index in [4.69, 9.17) is 11.5 Å². The molecule has 0 bridgehead atoms. The SMILES string of the molecule is Nc1cc(C2CCCS(=O)(=O)C2)nnc1N. The molecule has 1 unspecified atom stereocenters. The van der Waals surface area contributed by atoms with Gasteiger partial charge in [0.25, 0.3) is 0 Å². The third-order valence-electron chi connectivity index (χ3n) is 2.75. The number of hydrogen-bond acceptors (Lipinski definition) is 6. The van der Waals surface area contributed by atoms with Crippen molar-refractivity contribution in [3.8, 4) is 0 Å². The molecule has 4 N–H and O–H groups in total. The number of hydrogen-bond donors (Lipinski definition) is 2. The molecule has 88 valence electrons. The molecule has 1 fully saturated rings. The Morgan fingerprint density at radius 3 is 2.69 bits per heavy atom. The second-order valence-corrected chi connectivity index (χ2v) is 6.29. The fourth-order valence-corrected chi connectivity index (χ4v) is 3.61. The average molecular weight is 242 g/mol. The first-order chi connectivity index (χ1) is 7.48. The van der Waals surface area contributed by atoms with Crippen molar-refractivity contribution in [3.05, 3.63) is 11.8 Å². The highest BCUT2D eigenvalue weighted by Crippen LogP contribution is 2.28. The van der Waals surface area contributed by atoms with Crippen LogP contribution in [-0.4, -0.2) is 30.1 Å². The van der Waals surface area contributed by atoms with Gasteiger partial charge < -0.3 is 11.5 Å². The van der Waals surface area contributed by atoms with Crippen LogP contribution in [0.4, 0.5) is 11.5 Å². The van der Waals surface area contributed by atoms with Crippen LogP contribution in [0.1, 0.15) is 24.5 Å². The molecule has 2 rings (SSSR count). The van der Waals surface area contributed by atoms with Gasteiger partial charge in [-0.2, -0.15) is 5.10 Å². The first kappa shape index (κ1) is 11.1. The summed E-state index contributed by atoms with van der Waals surface area (Å²) in [5.41, 5.74) is 12.0. The van der Waals surface area contributed by atoms with E-state index in [1.54, 1.807) is 6.07 Å². The molecule has 1 aliphatic rings. The van der Waals surface area contributed by atoms with E-state index in [9.17, 15) is 8.42 Å². The van der Waals surface area contributed by atoms with Gasteiger partial charge >= 0.3 is 0 Å². The van der Waals surface area contributed by atoms with Gasteiger partial charge in [-0.25, -0.2) is 8.42 Å². The van der Waals surface area contributed by atoms with E-state index < -0.39 is 9.84 Å². The van der Waals surface area contributed by atoms with E-state index in [1.807, 2.05) is 0 Å². The van der Waals surface area contributed by atoms with Crippen molar-refractivity contribution < 1.29 is 8.42 Å². The van der Waals surface area contributed by atoms with Gasteiger partial charge in [0.2, 0.25) is 0 Å². The summed E-state index contributed by atoms with van der Waals surface area (Å²) in [6.45, 7) is 0. The largest absolute Gasteiger partial charge is 0.396 e. The molecule has 1 aromatic rings. The number of nitrogen functional groups attached to an aromatic ring is 2. The van der Waals surface area contributed by atoms with Crippen LogP contribution in [-0.2, 0) is 9.84 Å². The lowest BCUT2D eigenvalue weighted by molar-refractivity contribution is 0.547. The van der Waals surface area contributed by atoms with Crippen LogP contribution < -0.4 is 11.5 Å². The Hall–Kier alpha value is -1.37. The lowest BCUT2D eigenvalue weighted by Gasteiger charge is -2.21. The highest BCUT2D eigenvalue weighted by atomic mass is 32.2. The lowest BCUT2D eigenvalue weighted by atomic mass is 10.0. The number of nitrogens with two attached hydrogens (primary N) is 2. The summed E-state index contributed by atoms with van der Waals surface area (Å²) >= 11 is 0. The van der Waals surface area contributed by atoms with Gasteiger partial charge in [-0.15, -0.1) is 5.10 Å². The second kappa shape index (κ2) is 3.89. The van der Waals surface area contributed by atoms with Crippen LogP contribution in [0.3, 0.4) is 0 Å². The van der Waals surface area contributed by atoms with Crippen LogP contribution >= 0.6 is 0 Å². The van der Waals surface area contributed by atoms with Gasteiger partial charge in [-0.1, -0.05) is 0 Å². The van der Waals surface area contributed by atoms with Crippen molar-refractivity contribution in [1.29, 1.82) is 0 Å². The Bertz CT molecular complexity index is 500. The molecule has 0 amide bonds. The molecule has 1 atom stereocenters. The average Bonchev–Trinajstić information content (AvgIpc) is 2.20. The van der Waals surface area contributed by atoms with Gasteiger partial charge in [-0.05, 0) is 18.9 Å². The van der Waals surface area contributed by atoms with Crippen molar-refractivity contribution in [2.75, 3.05) is 23.0 Å². The molecule has 16 heavy (non-hydrogen) atoms. The Morgan fingerprint density at radius 1 is 1.31 bits per heavy atom. The number of sulfone groups is 1. The Labute approximate surface area is 94.0 Å². The van der Waals surface area contributed by atoms with Crippen molar-refractivity contribution >= 4 is 21.3 Å². The zero-order valence-electron chi connectivity index (χ0n) is 8.76. The molecular weight excluding hydrogens is 228 g/mol. The summed E-state index contributed by atoms with van der Waals surface area (Å²) in [5.74, 6) is 0.475. The molecule has 0 saturated carbocycles. The summed E-state index contributed by atoms with van der Waals surface area (Å²) < 4.78 is 23.0. The fraction of sp³-hybridized carbons (Fsp3) is 0.556. The summed E-state index contributed by atoms with van der Waals surface area (Å²) in [5, 5.41) is 7.62. The molecule has 1 aliphatic heterocycles. The topological polar surface area (TPSA) is 112 Å². The van der Waals surface area contributed by atoms with Crippen LogP contribution in [0.5, 0.6) is 0 Å². The first-order valence-corrected chi connectivity index (χ1v) is 6.89. The highest BCUT2D eigenvalue weighted by molar-refractivity contribution is 7.91. The fourth-order valence-electron chi connectivity index (χ4n) is 1.89. The second-order valence-electron chi connectivity index (χ2n) is 4.06. The summed E-state index contributed by atoms with van der Waals surface area (Å²) in [4.78, 5) is 0. The van der Waals surface area contributed by atoms with Crippen LogP contribution in [0.25, 0.3) is 0 Å². The zero-order valence-corrected chi connectivity index (χ0v) is 9.57. The molecular formula is C9H14N4O2S. The molecule has 2 heterocycles. The van der Waals surface area contributed by atoms with E-state index in [-0.39, 0.29) is 23.2 Å². The molecule has 6 nitrogen and oxygen atoms in total. The van der Waals surface area contributed by atoms with Crippen molar-refractivity contribution in [3.63, 3.8) is 0 Å². The van der Waals surface area contributed by atoms with Gasteiger partial charge in [0.1, 0.15) is 0 Å². The minimum Gasteiger partial charge on any atom is -0.396 e. The minimum absolute atomic E-state index is 0.103. The van der Waals surface area contributed by atoms with Gasteiger partial charge in [-0.3, -0.25) is 0 Å². The van der Waals surface area contributed by atoms with Gasteiger partial charge in [0, 0.05) is 5.92 Å². The maximum atomic E-state index is 11.5.